The van der Waals surface area contributed by atoms with Crippen molar-refractivity contribution in [2.75, 3.05) is 6.61 Å². The third kappa shape index (κ3) is 5.39. The Morgan fingerprint density at radius 3 is 2.44 bits per heavy atom. The largest absolute Gasteiger partial charge is 0.456 e. The van der Waals surface area contributed by atoms with Gasteiger partial charge in [0.05, 0.1) is 0 Å². The first kappa shape index (κ1) is 18.6. The van der Waals surface area contributed by atoms with Crippen LogP contribution in [0.15, 0.2) is 34.4 Å². The molecule has 0 aliphatic rings. The van der Waals surface area contributed by atoms with Gasteiger partial charge >= 0.3 is 10.8 Å². The number of ketones is 1. The summed E-state index contributed by atoms with van der Waals surface area (Å²) in [5.41, 5.74) is 1.94. The second-order valence-electron chi connectivity index (χ2n) is 5.42. The minimum absolute atomic E-state index is 0.132. The highest BCUT2D eigenvalue weighted by Crippen LogP contribution is 2.06. The maximum absolute atomic E-state index is 12.0. The lowest BCUT2D eigenvalue weighted by Gasteiger charge is -2.07. The number of Topliss-reactive ketones (excluding diaryl/α,β-unsaturated/α-hetero) is 1. The predicted molar refractivity (Wildman–Crippen MR) is 92.6 cm³/mol. The van der Waals surface area contributed by atoms with Gasteiger partial charge < -0.3 is 10.1 Å². The van der Waals surface area contributed by atoms with Crippen molar-refractivity contribution in [2.24, 2.45) is 0 Å². The zero-order valence-electron chi connectivity index (χ0n) is 13.9. The van der Waals surface area contributed by atoms with Crippen molar-refractivity contribution in [3.05, 3.63) is 56.1 Å². The second-order valence-corrected chi connectivity index (χ2v) is 6.24. The average Bonchev–Trinajstić information content (AvgIpc) is 2.90. The molecule has 1 amide bonds. The van der Waals surface area contributed by atoms with Crippen LogP contribution < -0.4 is 10.2 Å². The third-order valence-corrected chi connectivity index (χ3v) is 4.33. The normalized spacial score (nSPS) is 10.3. The van der Waals surface area contributed by atoms with E-state index in [1.165, 1.54) is 11.5 Å². The molecule has 2 aromatic rings. The zero-order valence-corrected chi connectivity index (χ0v) is 14.7. The number of esters is 1. The highest BCUT2D eigenvalue weighted by molar-refractivity contribution is 7.07. The fourth-order valence-corrected chi connectivity index (χ4v) is 2.77. The first-order chi connectivity index (χ1) is 11.9. The average molecular weight is 362 g/mol. The van der Waals surface area contributed by atoms with E-state index in [2.05, 4.69) is 5.32 Å². The van der Waals surface area contributed by atoms with Crippen LogP contribution in [-0.4, -0.2) is 28.8 Å². The lowest BCUT2D eigenvalue weighted by atomic mass is 10.1. The molecule has 25 heavy (non-hydrogen) atoms. The molecule has 0 aliphatic carbocycles. The molecule has 0 saturated heterocycles. The van der Waals surface area contributed by atoms with Crippen molar-refractivity contribution in [3.63, 3.8) is 0 Å². The van der Waals surface area contributed by atoms with E-state index in [4.69, 9.17) is 4.74 Å². The van der Waals surface area contributed by atoms with Crippen molar-refractivity contribution >= 4 is 29.0 Å². The van der Waals surface area contributed by atoms with E-state index >= 15 is 0 Å². The van der Waals surface area contributed by atoms with Crippen molar-refractivity contribution in [1.82, 2.24) is 9.88 Å². The Kier molecular flexibility index (Phi) is 6.24. The molecule has 1 aromatic heterocycles. The van der Waals surface area contributed by atoms with Crippen LogP contribution in [0.4, 0.5) is 0 Å². The van der Waals surface area contributed by atoms with Gasteiger partial charge in [-0.25, -0.2) is 0 Å². The first-order valence-electron chi connectivity index (χ1n) is 7.54. The Hall–Kier alpha value is -2.74. The molecule has 0 bridgehead atoms. The number of amides is 1. The molecule has 0 aliphatic heterocycles. The smallest absolute Gasteiger partial charge is 0.326 e. The fraction of sp³-hybridized carbons (Fsp3) is 0.294. The number of aromatic nitrogens is 1. The summed E-state index contributed by atoms with van der Waals surface area (Å²) in [6, 6.07) is 6.67. The van der Waals surface area contributed by atoms with Gasteiger partial charge in [-0.1, -0.05) is 35.6 Å². The van der Waals surface area contributed by atoms with Crippen molar-refractivity contribution in [2.45, 2.75) is 26.9 Å². The van der Waals surface area contributed by atoms with Crippen LogP contribution in [0.2, 0.25) is 0 Å². The van der Waals surface area contributed by atoms with Crippen LogP contribution in [0.3, 0.4) is 0 Å². The summed E-state index contributed by atoms with van der Waals surface area (Å²) in [4.78, 5) is 46.0. The zero-order chi connectivity index (χ0) is 18.4. The number of carbonyl (C=O) groups excluding carboxylic acids is 3. The Morgan fingerprint density at radius 1 is 1.20 bits per heavy atom. The van der Waals surface area contributed by atoms with Gasteiger partial charge in [-0.3, -0.25) is 23.7 Å². The minimum atomic E-state index is -0.640. The van der Waals surface area contributed by atoms with Crippen LogP contribution in [0.5, 0.6) is 0 Å². The maximum atomic E-state index is 12.0. The lowest BCUT2D eigenvalue weighted by Crippen LogP contribution is -2.24. The van der Waals surface area contributed by atoms with Gasteiger partial charge in [0.2, 0.25) is 5.91 Å². The number of nitrogens with zero attached hydrogens (tertiary/aromatic N) is 1. The summed E-state index contributed by atoms with van der Waals surface area (Å²) in [5, 5.41) is 4.32. The summed E-state index contributed by atoms with van der Waals surface area (Å²) in [5.74, 6) is -1.11. The number of nitrogens with one attached hydrogen (secondary N) is 1. The van der Waals surface area contributed by atoms with Crippen LogP contribution in [-0.2, 0) is 27.4 Å². The molecule has 1 aromatic carbocycles. The molecule has 0 saturated carbocycles. The minimum Gasteiger partial charge on any atom is -0.456 e. The topological polar surface area (TPSA) is 94.5 Å². The van der Waals surface area contributed by atoms with E-state index in [-0.39, 0.29) is 29.7 Å². The number of thiazole rings is 1. The van der Waals surface area contributed by atoms with Crippen LogP contribution >= 0.6 is 11.3 Å². The van der Waals surface area contributed by atoms with Gasteiger partial charge in [0.25, 0.3) is 0 Å². The number of ether oxygens (including phenoxy) is 1. The Bertz CT molecular complexity index is 835. The Morgan fingerprint density at radius 2 is 1.88 bits per heavy atom. The van der Waals surface area contributed by atoms with Crippen molar-refractivity contribution < 1.29 is 19.1 Å². The monoisotopic (exact) mass is 362 g/mol. The summed E-state index contributed by atoms with van der Waals surface area (Å²) in [6.07, 6.45) is 0. The molecule has 1 N–H and O–H groups in total. The van der Waals surface area contributed by atoms with Crippen LogP contribution in [0.1, 0.15) is 28.5 Å². The van der Waals surface area contributed by atoms with E-state index in [1.54, 1.807) is 36.6 Å². The fourth-order valence-electron chi connectivity index (χ4n) is 2.04. The molecular weight excluding hydrogens is 344 g/mol. The number of benzene rings is 1. The molecule has 132 valence electrons. The van der Waals surface area contributed by atoms with Gasteiger partial charge in [-0.2, -0.15) is 0 Å². The number of rotatable bonds is 7. The molecule has 0 spiro atoms. The molecule has 1 heterocycles. The molecule has 2 rings (SSSR count). The highest BCUT2D eigenvalue weighted by Gasteiger charge is 2.13. The van der Waals surface area contributed by atoms with Gasteiger partial charge in [0.15, 0.2) is 12.4 Å². The van der Waals surface area contributed by atoms with E-state index in [9.17, 15) is 19.2 Å². The molecule has 0 unspecified atom stereocenters. The number of aryl methyl sites for hydroxylation is 1. The molecule has 0 atom stereocenters. The van der Waals surface area contributed by atoms with Gasteiger partial charge in [-0.05, 0) is 12.5 Å². The van der Waals surface area contributed by atoms with Gasteiger partial charge in [-0.15, -0.1) is 0 Å². The van der Waals surface area contributed by atoms with Crippen molar-refractivity contribution in [1.29, 1.82) is 0 Å². The third-order valence-electron chi connectivity index (χ3n) is 3.45. The molecule has 8 heteroatoms. The standard InChI is InChI=1S/C17H18N2O5S/c1-11-10-25-17(23)19(11)8-16(22)24-9-15(21)14-5-3-13(4-6-14)7-18-12(2)20/h3-6,10H,7-9H2,1-2H3,(H,18,20). The number of carbonyl (C=O) groups is 3. The quantitative estimate of drug-likeness (QED) is 0.591. The first-order valence-corrected chi connectivity index (χ1v) is 8.42. The summed E-state index contributed by atoms with van der Waals surface area (Å²) in [6.45, 7) is 2.93. The molecule has 0 radical (unpaired) electrons. The second kappa shape index (κ2) is 8.39. The van der Waals surface area contributed by atoms with E-state index in [0.717, 1.165) is 16.9 Å². The number of hydrogen-bond acceptors (Lipinski definition) is 6. The summed E-state index contributed by atoms with van der Waals surface area (Å²) < 4.78 is 6.25. The summed E-state index contributed by atoms with van der Waals surface area (Å²) in [7, 11) is 0. The van der Waals surface area contributed by atoms with Crippen molar-refractivity contribution in [3.8, 4) is 0 Å². The van der Waals surface area contributed by atoms with E-state index in [0.29, 0.717) is 17.8 Å². The van der Waals surface area contributed by atoms with E-state index in [1.807, 2.05) is 0 Å². The summed E-state index contributed by atoms with van der Waals surface area (Å²) >= 11 is 1.01. The number of hydrogen-bond donors (Lipinski definition) is 1. The Labute approximate surface area is 148 Å². The van der Waals surface area contributed by atoms with E-state index < -0.39 is 5.97 Å². The van der Waals surface area contributed by atoms with Crippen LogP contribution in [0, 0.1) is 6.92 Å². The maximum Gasteiger partial charge on any atom is 0.326 e. The molecule has 0 fully saturated rings. The Balaban J connectivity index is 1.86. The predicted octanol–water partition coefficient (Wildman–Crippen LogP) is 1.28. The lowest BCUT2D eigenvalue weighted by molar-refractivity contribution is -0.143. The molecular formula is C17H18N2O5S. The highest BCUT2D eigenvalue weighted by atomic mass is 32.1. The van der Waals surface area contributed by atoms with Gasteiger partial charge in [0, 0.05) is 30.1 Å². The SMILES string of the molecule is CC(=O)NCc1ccc(C(=O)COC(=O)Cn2c(C)csc2=O)cc1. The molecule has 7 nitrogen and oxygen atoms in total. The van der Waals surface area contributed by atoms with Crippen LogP contribution in [0.25, 0.3) is 0 Å². The van der Waals surface area contributed by atoms with Gasteiger partial charge in [0.1, 0.15) is 6.54 Å².